The van der Waals surface area contributed by atoms with Gasteiger partial charge >= 0.3 is 70.3 Å². The minimum absolute atomic E-state index is 0.336. The summed E-state index contributed by atoms with van der Waals surface area (Å²) in [5.74, 6) is 2.35. The number of aromatic nitrogens is 1. The average molecular weight is 579 g/mol. The van der Waals surface area contributed by atoms with Gasteiger partial charge in [-0.2, -0.15) is 0 Å². The van der Waals surface area contributed by atoms with Gasteiger partial charge in [0.05, 0.1) is 0 Å². The Morgan fingerprint density at radius 1 is 0.655 bits per heavy atom. The van der Waals surface area contributed by atoms with Gasteiger partial charge in [-0.3, -0.25) is 0 Å². The van der Waals surface area contributed by atoms with Crippen LogP contribution in [0.4, 0.5) is 4.39 Å². The first-order valence-electron chi connectivity index (χ1n) is 8.92. The Balaban J connectivity index is 0.000000204. The molecular weight excluding hydrogens is 561 g/mol. The Kier molecular flexibility index (Phi) is 8.38. The summed E-state index contributed by atoms with van der Waals surface area (Å²) < 4.78 is 14.8. The van der Waals surface area contributed by atoms with Gasteiger partial charge in [-0.1, -0.05) is 91.0 Å². The van der Waals surface area contributed by atoms with Gasteiger partial charge in [0.1, 0.15) is 0 Å². The van der Waals surface area contributed by atoms with E-state index in [4.69, 9.17) is 0 Å². The molecule has 0 fully saturated rings. The standard InChI is InChI=1S/C18H15P.C7H3FN.Au/c1-4-10-16(11-5-1)19(17-12-6-2-7-13-17)18-14-8-3-9-15-18;1-2-7-4-3-6(8)5-9-7;/h1-15H;3-5H;. The summed E-state index contributed by atoms with van der Waals surface area (Å²) in [4.78, 5) is 3.71. The van der Waals surface area contributed by atoms with E-state index in [9.17, 15) is 4.39 Å². The molecular formula is C25H18AuFNP. The van der Waals surface area contributed by atoms with E-state index in [0.29, 0.717) is 5.69 Å². The normalized spacial score (nSPS) is 9.79. The number of hydrogen-bond acceptors (Lipinski definition) is 1. The third-order valence-corrected chi connectivity index (χ3v) is 6.65. The van der Waals surface area contributed by atoms with Crippen LogP contribution in [0.3, 0.4) is 0 Å². The zero-order valence-electron chi connectivity index (χ0n) is 15.5. The third-order valence-electron chi connectivity index (χ3n) is 3.94. The fraction of sp³-hybridized carbons (Fsp3) is 0. The van der Waals surface area contributed by atoms with Crippen LogP contribution in [0.2, 0.25) is 0 Å². The number of nitrogens with zero attached hydrogens (tertiary/aromatic N) is 1. The summed E-state index contributed by atoms with van der Waals surface area (Å²) in [6, 6.07) is 35.2. The van der Waals surface area contributed by atoms with Gasteiger partial charge in [0.25, 0.3) is 0 Å². The van der Waals surface area contributed by atoms with Crippen LogP contribution in [0.1, 0.15) is 5.69 Å². The summed E-state index contributed by atoms with van der Waals surface area (Å²) in [5, 5.41) is 4.19. The third kappa shape index (κ3) is 6.50. The van der Waals surface area contributed by atoms with Crippen molar-refractivity contribution < 1.29 is 25.5 Å². The molecule has 0 radical (unpaired) electrons. The zero-order valence-corrected chi connectivity index (χ0v) is 18.5. The second kappa shape index (κ2) is 11.5. The number of pyridine rings is 1. The van der Waals surface area contributed by atoms with E-state index in [0.717, 1.165) is 6.20 Å². The maximum atomic E-state index is 12.2. The van der Waals surface area contributed by atoms with Gasteiger partial charge in [0, 0.05) is 0 Å². The molecule has 4 aromatic rings. The van der Waals surface area contributed by atoms with Gasteiger partial charge in [-0.05, 0) is 23.8 Å². The van der Waals surface area contributed by atoms with Crippen molar-refractivity contribution in [2.75, 3.05) is 0 Å². The second-order valence-electron chi connectivity index (χ2n) is 5.90. The molecule has 1 nitrogen and oxygen atoms in total. The molecule has 0 unspecified atom stereocenters. The van der Waals surface area contributed by atoms with E-state index in [1.54, 1.807) is 0 Å². The van der Waals surface area contributed by atoms with Gasteiger partial charge in [0.15, 0.2) is 0 Å². The quantitative estimate of drug-likeness (QED) is 0.198. The SMILES string of the molecule is Fc1ccc(C#[C][Au])nc1.c1ccc(P(c2ccccc2)c2ccccc2)cc1. The molecule has 0 spiro atoms. The monoisotopic (exact) mass is 579 g/mol. The van der Waals surface area contributed by atoms with E-state index in [1.165, 1.54) is 28.0 Å². The molecule has 4 rings (SSSR count). The first-order valence-corrected chi connectivity index (χ1v) is 11.3. The molecule has 0 amide bonds. The van der Waals surface area contributed by atoms with Crippen molar-refractivity contribution in [3.05, 3.63) is 121 Å². The largest absolute Gasteiger partial charge is 0.0622 e. The van der Waals surface area contributed by atoms with Crippen molar-refractivity contribution in [2.45, 2.75) is 0 Å². The molecule has 146 valence electrons. The molecule has 4 heteroatoms. The van der Waals surface area contributed by atoms with E-state index >= 15 is 0 Å². The Labute approximate surface area is 184 Å². The van der Waals surface area contributed by atoms with Crippen LogP contribution in [-0.4, -0.2) is 4.98 Å². The number of halogens is 1. The van der Waals surface area contributed by atoms with Crippen molar-refractivity contribution in [2.24, 2.45) is 0 Å². The van der Waals surface area contributed by atoms with Crippen molar-refractivity contribution >= 4 is 23.8 Å². The maximum absolute atomic E-state index is 12.2. The Hall–Kier alpha value is -2.53. The van der Waals surface area contributed by atoms with Gasteiger partial charge in [-0.25, -0.2) is 0 Å². The number of hydrogen-bond donors (Lipinski definition) is 0. The molecule has 0 saturated heterocycles. The van der Waals surface area contributed by atoms with Gasteiger partial charge in [0.2, 0.25) is 0 Å². The van der Waals surface area contributed by atoms with Crippen LogP contribution in [0.5, 0.6) is 0 Å². The van der Waals surface area contributed by atoms with Crippen LogP contribution >= 0.6 is 7.92 Å². The molecule has 0 aliphatic heterocycles. The number of rotatable bonds is 3. The summed E-state index contributed by atoms with van der Waals surface area (Å²) in [6.07, 6.45) is 1.15. The molecule has 1 aromatic heterocycles. The second-order valence-corrected chi connectivity index (χ2v) is 8.67. The molecule has 3 aromatic carbocycles. The molecule has 0 atom stereocenters. The Morgan fingerprint density at radius 2 is 1.10 bits per heavy atom. The minimum Gasteiger partial charge on any atom is -0.0622 e. The summed E-state index contributed by atoms with van der Waals surface area (Å²) in [6.45, 7) is 0. The number of benzene rings is 3. The Morgan fingerprint density at radius 3 is 1.45 bits per heavy atom. The van der Waals surface area contributed by atoms with Crippen LogP contribution in [0, 0.1) is 15.9 Å². The minimum atomic E-state index is -0.446. The maximum Gasteiger partial charge on any atom is -0.0134 e. The topological polar surface area (TPSA) is 12.9 Å². The van der Waals surface area contributed by atoms with E-state index < -0.39 is 7.92 Å². The fourth-order valence-electron chi connectivity index (χ4n) is 2.67. The van der Waals surface area contributed by atoms with Crippen LogP contribution in [0.15, 0.2) is 109 Å². The molecule has 1 heterocycles. The predicted octanol–water partition coefficient (Wildman–Crippen LogP) is 4.52. The average Bonchev–Trinajstić information content (AvgIpc) is 2.79. The first-order chi connectivity index (χ1) is 14.3. The first kappa shape index (κ1) is 21.2. The molecule has 0 N–H and O–H groups in total. The van der Waals surface area contributed by atoms with E-state index in [1.807, 2.05) is 0 Å². The summed E-state index contributed by atoms with van der Waals surface area (Å²) in [5.41, 5.74) is 0.587. The summed E-state index contributed by atoms with van der Waals surface area (Å²) >= 11 is 2.07. The van der Waals surface area contributed by atoms with Gasteiger partial charge in [-0.15, -0.1) is 0 Å². The molecule has 0 saturated carbocycles. The summed E-state index contributed by atoms with van der Waals surface area (Å²) in [7, 11) is -0.446. The van der Waals surface area contributed by atoms with Crippen LogP contribution in [0.25, 0.3) is 0 Å². The smallest absolute Gasteiger partial charge is 0.0134 e. The van der Waals surface area contributed by atoms with Gasteiger partial charge < -0.3 is 0 Å². The van der Waals surface area contributed by atoms with E-state index in [2.05, 4.69) is 127 Å². The molecule has 0 aliphatic carbocycles. The molecule has 0 aliphatic rings. The van der Waals surface area contributed by atoms with Crippen molar-refractivity contribution in [3.8, 4) is 10.1 Å². The predicted molar refractivity (Wildman–Crippen MR) is 116 cm³/mol. The molecule has 29 heavy (non-hydrogen) atoms. The van der Waals surface area contributed by atoms with Crippen molar-refractivity contribution in [1.82, 2.24) is 4.98 Å². The fourth-order valence-corrected chi connectivity index (χ4v) is 5.25. The van der Waals surface area contributed by atoms with Crippen LogP contribution in [-0.2, 0) is 21.1 Å². The van der Waals surface area contributed by atoms with E-state index in [-0.39, 0.29) is 5.82 Å². The Bertz CT molecular complexity index is 966. The van der Waals surface area contributed by atoms with Crippen molar-refractivity contribution in [1.29, 1.82) is 0 Å². The van der Waals surface area contributed by atoms with Crippen molar-refractivity contribution in [3.63, 3.8) is 0 Å². The zero-order chi connectivity index (χ0) is 20.3. The molecule has 0 bridgehead atoms. The van der Waals surface area contributed by atoms with Crippen LogP contribution < -0.4 is 15.9 Å².